The van der Waals surface area contributed by atoms with Crippen LogP contribution in [-0.2, 0) is 6.54 Å². The molecule has 0 heterocycles. The molecule has 0 saturated carbocycles. The lowest BCUT2D eigenvalue weighted by Crippen LogP contribution is -2.38. The van der Waals surface area contributed by atoms with Crippen LogP contribution in [0.2, 0.25) is 0 Å². The third-order valence-electron chi connectivity index (χ3n) is 2.40. The second-order valence-electron chi connectivity index (χ2n) is 3.81. The van der Waals surface area contributed by atoms with Crippen LogP contribution in [0.1, 0.15) is 5.56 Å². The largest absolute Gasteiger partial charge is 0.356 e. The summed E-state index contributed by atoms with van der Waals surface area (Å²) in [5, 5.41) is 6.27. The Morgan fingerprint density at radius 3 is 2.89 bits per heavy atom. The number of aliphatic imine (C=N–C) groups is 1. The second-order valence-corrected chi connectivity index (χ2v) is 4.96. The van der Waals surface area contributed by atoms with Crippen LogP contribution in [0.5, 0.6) is 0 Å². The summed E-state index contributed by atoms with van der Waals surface area (Å²) in [5.41, 5.74) is 0.631. The van der Waals surface area contributed by atoms with Crippen LogP contribution in [0.3, 0.4) is 0 Å². The summed E-state index contributed by atoms with van der Waals surface area (Å²) >= 11 is 1.80. The fourth-order valence-electron chi connectivity index (χ4n) is 1.45. The van der Waals surface area contributed by atoms with Crippen molar-refractivity contribution in [3.63, 3.8) is 0 Å². The fraction of sp³-hybridized carbons (Fsp3) is 0.357. The molecule has 0 spiro atoms. The number of rotatable bonds is 7. The fourth-order valence-corrected chi connectivity index (χ4v) is 2.03. The van der Waals surface area contributed by atoms with Gasteiger partial charge >= 0.3 is 0 Å². The number of hydrogen-bond donors (Lipinski definition) is 2. The first kappa shape index (κ1) is 15.6. The van der Waals surface area contributed by atoms with E-state index >= 15 is 0 Å². The number of thioether (sulfide) groups is 1. The summed E-state index contributed by atoms with van der Waals surface area (Å²) in [7, 11) is 1.70. The lowest BCUT2D eigenvalue weighted by Gasteiger charge is -2.12. The number of hydrogen-bond acceptors (Lipinski definition) is 2. The van der Waals surface area contributed by atoms with E-state index < -0.39 is 0 Å². The number of nitrogens with zero attached hydrogens (tertiary/aromatic N) is 1. The maximum Gasteiger partial charge on any atom is 0.191 e. The van der Waals surface area contributed by atoms with E-state index in [1.54, 1.807) is 30.9 Å². The molecule has 1 rings (SSSR count). The minimum absolute atomic E-state index is 0.202. The number of halogens is 1. The van der Waals surface area contributed by atoms with E-state index in [9.17, 15) is 4.39 Å². The van der Waals surface area contributed by atoms with Gasteiger partial charge in [0.25, 0.3) is 0 Å². The molecule has 0 fully saturated rings. The number of guanidine groups is 1. The highest BCUT2D eigenvalue weighted by molar-refractivity contribution is 7.99. The van der Waals surface area contributed by atoms with Gasteiger partial charge in [0.2, 0.25) is 0 Å². The van der Waals surface area contributed by atoms with Gasteiger partial charge in [0.05, 0.1) is 0 Å². The van der Waals surface area contributed by atoms with Gasteiger partial charge in [-0.2, -0.15) is 11.8 Å². The Labute approximate surface area is 118 Å². The molecule has 0 unspecified atom stereocenters. The van der Waals surface area contributed by atoms with Gasteiger partial charge in [-0.05, 0) is 6.07 Å². The summed E-state index contributed by atoms with van der Waals surface area (Å²) in [6.45, 7) is 4.91. The Kier molecular flexibility index (Phi) is 7.74. The zero-order valence-corrected chi connectivity index (χ0v) is 12.0. The molecule has 5 heteroatoms. The van der Waals surface area contributed by atoms with E-state index in [1.165, 1.54) is 6.07 Å². The van der Waals surface area contributed by atoms with Crippen molar-refractivity contribution in [3.8, 4) is 0 Å². The highest BCUT2D eigenvalue weighted by Gasteiger charge is 2.01. The summed E-state index contributed by atoms with van der Waals surface area (Å²) < 4.78 is 13.4. The van der Waals surface area contributed by atoms with Crippen molar-refractivity contribution in [2.45, 2.75) is 6.54 Å². The molecule has 0 radical (unpaired) electrons. The van der Waals surface area contributed by atoms with Crippen LogP contribution in [-0.4, -0.2) is 31.1 Å². The summed E-state index contributed by atoms with van der Waals surface area (Å²) in [6, 6.07) is 6.72. The van der Waals surface area contributed by atoms with Gasteiger partial charge in [0.1, 0.15) is 5.82 Å². The van der Waals surface area contributed by atoms with E-state index in [2.05, 4.69) is 22.2 Å². The first-order chi connectivity index (χ1) is 9.27. The molecular formula is C14H20FN3S. The predicted molar refractivity (Wildman–Crippen MR) is 82.1 cm³/mol. The van der Waals surface area contributed by atoms with Gasteiger partial charge in [-0.15, -0.1) is 6.58 Å². The summed E-state index contributed by atoms with van der Waals surface area (Å²) in [6.07, 6.45) is 1.88. The third-order valence-corrected chi connectivity index (χ3v) is 3.37. The molecule has 1 aromatic rings. The Bertz CT molecular complexity index is 421. The van der Waals surface area contributed by atoms with Crippen molar-refractivity contribution in [2.75, 3.05) is 25.1 Å². The van der Waals surface area contributed by atoms with Gasteiger partial charge < -0.3 is 10.6 Å². The molecular weight excluding hydrogens is 261 g/mol. The molecule has 0 amide bonds. The number of benzene rings is 1. The maximum absolute atomic E-state index is 13.4. The normalized spacial score (nSPS) is 11.2. The van der Waals surface area contributed by atoms with Crippen molar-refractivity contribution < 1.29 is 4.39 Å². The summed E-state index contributed by atoms with van der Waals surface area (Å²) in [5.74, 6) is 2.41. The minimum atomic E-state index is -0.202. The molecule has 19 heavy (non-hydrogen) atoms. The SMILES string of the molecule is C=CCSCCNC(=NC)NCc1ccccc1F. The van der Waals surface area contributed by atoms with Crippen molar-refractivity contribution in [1.82, 2.24) is 10.6 Å². The van der Waals surface area contributed by atoms with Crippen LogP contribution < -0.4 is 10.6 Å². The molecule has 0 aromatic heterocycles. The van der Waals surface area contributed by atoms with E-state index in [0.29, 0.717) is 18.1 Å². The Balaban J connectivity index is 2.29. The molecule has 2 N–H and O–H groups in total. The molecule has 3 nitrogen and oxygen atoms in total. The van der Waals surface area contributed by atoms with Gasteiger partial charge in [-0.1, -0.05) is 24.3 Å². The molecule has 0 aliphatic carbocycles. The van der Waals surface area contributed by atoms with Crippen LogP contribution in [0, 0.1) is 5.82 Å². The van der Waals surface area contributed by atoms with Crippen molar-refractivity contribution in [1.29, 1.82) is 0 Å². The lowest BCUT2D eigenvalue weighted by atomic mass is 10.2. The molecule has 1 aromatic carbocycles. The smallest absolute Gasteiger partial charge is 0.191 e. The van der Waals surface area contributed by atoms with E-state index in [4.69, 9.17) is 0 Å². The van der Waals surface area contributed by atoms with Crippen LogP contribution in [0.25, 0.3) is 0 Å². The third kappa shape index (κ3) is 6.29. The summed E-state index contributed by atoms with van der Waals surface area (Å²) in [4.78, 5) is 4.09. The first-order valence-electron chi connectivity index (χ1n) is 6.14. The van der Waals surface area contributed by atoms with E-state index in [-0.39, 0.29) is 5.82 Å². The quantitative estimate of drug-likeness (QED) is 0.349. The van der Waals surface area contributed by atoms with E-state index in [0.717, 1.165) is 18.1 Å². The molecule has 0 atom stereocenters. The molecule has 0 aliphatic rings. The number of nitrogens with one attached hydrogen (secondary N) is 2. The van der Waals surface area contributed by atoms with Crippen LogP contribution in [0.4, 0.5) is 4.39 Å². The Morgan fingerprint density at radius 1 is 1.42 bits per heavy atom. The molecule has 0 saturated heterocycles. The minimum Gasteiger partial charge on any atom is -0.356 e. The molecule has 0 aliphatic heterocycles. The topological polar surface area (TPSA) is 36.4 Å². The van der Waals surface area contributed by atoms with E-state index in [1.807, 2.05) is 12.1 Å². The highest BCUT2D eigenvalue weighted by atomic mass is 32.2. The zero-order chi connectivity index (χ0) is 13.9. The van der Waals surface area contributed by atoms with Crippen molar-refractivity contribution >= 4 is 17.7 Å². The van der Waals surface area contributed by atoms with Crippen LogP contribution in [0.15, 0.2) is 41.9 Å². The first-order valence-corrected chi connectivity index (χ1v) is 7.30. The maximum atomic E-state index is 13.4. The highest BCUT2D eigenvalue weighted by Crippen LogP contribution is 2.05. The standard InChI is InChI=1S/C14H20FN3S/c1-3-9-19-10-8-17-14(16-2)18-11-12-6-4-5-7-13(12)15/h3-7H,1,8-11H2,2H3,(H2,16,17,18). The van der Waals surface area contributed by atoms with Gasteiger partial charge in [-0.25, -0.2) is 4.39 Å². The Hall–Kier alpha value is -1.49. The zero-order valence-electron chi connectivity index (χ0n) is 11.2. The van der Waals surface area contributed by atoms with Gasteiger partial charge in [0.15, 0.2) is 5.96 Å². The van der Waals surface area contributed by atoms with Crippen molar-refractivity contribution in [3.05, 3.63) is 48.3 Å². The lowest BCUT2D eigenvalue weighted by molar-refractivity contribution is 0.605. The average molecular weight is 281 g/mol. The predicted octanol–water partition coefficient (Wildman–Crippen LogP) is 2.41. The average Bonchev–Trinajstić information content (AvgIpc) is 2.43. The van der Waals surface area contributed by atoms with Gasteiger partial charge in [0, 0.05) is 37.2 Å². The molecule has 104 valence electrons. The van der Waals surface area contributed by atoms with Crippen molar-refractivity contribution in [2.24, 2.45) is 4.99 Å². The van der Waals surface area contributed by atoms with Crippen LogP contribution >= 0.6 is 11.8 Å². The van der Waals surface area contributed by atoms with Gasteiger partial charge in [-0.3, -0.25) is 4.99 Å². The second kappa shape index (κ2) is 9.44. The molecule has 0 bridgehead atoms. The monoisotopic (exact) mass is 281 g/mol. The Morgan fingerprint density at radius 2 is 2.21 bits per heavy atom.